The summed E-state index contributed by atoms with van der Waals surface area (Å²) in [5.74, 6) is 0.266. The van der Waals surface area contributed by atoms with Crippen LogP contribution in [0.5, 0.6) is 0 Å². The van der Waals surface area contributed by atoms with Gasteiger partial charge in [-0.25, -0.2) is 14.5 Å². The molecule has 1 aromatic carbocycles. The highest BCUT2D eigenvalue weighted by Gasteiger charge is 2.41. The highest BCUT2D eigenvalue weighted by atomic mass is 35.5. The van der Waals surface area contributed by atoms with Crippen molar-refractivity contribution in [1.29, 1.82) is 5.26 Å². The van der Waals surface area contributed by atoms with Gasteiger partial charge in [0.2, 0.25) is 23.6 Å². The third-order valence-electron chi connectivity index (χ3n) is 14.4. The Bertz CT molecular complexity index is 2740. The van der Waals surface area contributed by atoms with Crippen LogP contribution < -0.4 is 25.8 Å². The summed E-state index contributed by atoms with van der Waals surface area (Å²) < 4.78 is 3.62. The summed E-state index contributed by atoms with van der Waals surface area (Å²) in [4.78, 5) is 66.6. The summed E-state index contributed by atoms with van der Waals surface area (Å²) in [6, 6.07) is 11.3. The number of nitrogens with zero attached hydrogens (tertiary/aromatic N) is 10. The number of benzene rings is 1. The van der Waals surface area contributed by atoms with Crippen molar-refractivity contribution in [2.75, 3.05) is 54.4 Å². The van der Waals surface area contributed by atoms with Crippen molar-refractivity contribution in [2.24, 2.45) is 5.41 Å². The number of hydrogen-bond acceptors (Lipinski definition) is 13. The van der Waals surface area contributed by atoms with Crippen LogP contribution >= 0.6 is 11.6 Å². The molecule has 19 heteroatoms. The van der Waals surface area contributed by atoms with Gasteiger partial charge >= 0.3 is 0 Å². The van der Waals surface area contributed by atoms with E-state index in [0.717, 1.165) is 55.0 Å². The Morgan fingerprint density at radius 3 is 2.35 bits per heavy atom. The topological polar surface area (TPSA) is 219 Å². The maximum Gasteiger partial charge on any atom is 0.249 e. The van der Waals surface area contributed by atoms with Gasteiger partial charge in [-0.05, 0) is 95.5 Å². The summed E-state index contributed by atoms with van der Waals surface area (Å²) in [5, 5.41) is 40.0. The molecule has 356 valence electrons. The Morgan fingerprint density at radius 1 is 0.941 bits per heavy atom. The first-order valence-electron chi connectivity index (χ1n) is 23.7. The fraction of sp³-hybridized carbons (Fsp3) is 0.490. The number of aliphatic hydroxyl groups is 1. The Balaban J connectivity index is 0.799. The molecule has 18 nitrogen and oxygen atoms in total. The summed E-state index contributed by atoms with van der Waals surface area (Å²) in [7, 11) is 0. The Kier molecular flexibility index (Phi) is 13.1. The number of fused-ring (bicyclic) bond motifs is 1. The molecule has 4 saturated heterocycles. The Hall–Kier alpha value is -6.58. The molecule has 0 saturated carbocycles. The van der Waals surface area contributed by atoms with E-state index in [-0.39, 0.29) is 54.0 Å². The molecular weight excluding hydrogens is 886 g/mol. The quantitative estimate of drug-likeness (QED) is 0.114. The molecule has 4 aliphatic heterocycles. The Morgan fingerprint density at radius 2 is 1.69 bits per heavy atom. The molecule has 4 fully saturated rings. The smallest absolute Gasteiger partial charge is 0.249 e. The molecule has 0 spiro atoms. The summed E-state index contributed by atoms with van der Waals surface area (Å²) >= 11 is 6.70. The number of amides is 4. The van der Waals surface area contributed by atoms with Gasteiger partial charge in [-0.3, -0.25) is 29.2 Å². The zero-order chi connectivity index (χ0) is 47.7. The van der Waals surface area contributed by atoms with E-state index in [9.17, 15) is 29.5 Å². The largest absolute Gasteiger partial charge is 0.389 e. The zero-order valence-electron chi connectivity index (χ0n) is 38.7. The molecular formula is C49H58ClN13O5. The van der Waals surface area contributed by atoms with Crippen molar-refractivity contribution < 1.29 is 24.3 Å². The van der Waals surface area contributed by atoms with Crippen LogP contribution in [-0.2, 0) is 19.2 Å². The molecule has 8 heterocycles. The van der Waals surface area contributed by atoms with Crippen LogP contribution in [0.2, 0.25) is 5.02 Å². The molecule has 4 aliphatic rings. The monoisotopic (exact) mass is 943 g/mol. The molecule has 5 aromatic rings. The van der Waals surface area contributed by atoms with Gasteiger partial charge in [-0.1, -0.05) is 18.5 Å². The van der Waals surface area contributed by atoms with Crippen LogP contribution in [0.1, 0.15) is 96.6 Å². The van der Waals surface area contributed by atoms with Gasteiger partial charge in [-0.15, -0.1) is 0 Å². The van der Waals surface area contributed by atoms with Crippen molar-refractivity contribution in [3.63, 3.8) is 0 Å². The lowest BCUT2D eigenvalue weighted by Gasteiger charge is -2.41. The number of piperidine rings is 4. The van der Waals surface area contributed by atoms with Crippen molar-refractivity contribution in [3.8, 4) is 28.6 Å². The standard InChI is InChI=1S/C49H58ClN13O5/c1-4-48(47(67)55-31(2)3)13-19-60(20-14-48)41-9-5-32(26-52-41)44-45-33(25-51)27-54-63(45)30-39(57-44)34-28-53-62(29-34)36-11-17-61(18-12-36)43(65)24-49(68)15-21-59(22-16-49)40-8-6-35(23-37(40)50)56-38-7-10-42(64)58-46(38)66/h5-6,8-9,23,26-31,36,38,56,68H,4,7,10-22,24H2,1-3H3,(H,55,67)(H,58,64,66)/t38-/m0/s1. The van der Waals surface area contributed by atoms with Crippen LogP contribution in [0, 0.1) is 16.7 Å². The number of carbonyl (C=O) groups is 4. The lowest BCUT2D eigenvalue weighted by Crippen LogP contribution is -2.50. The Labute approximate surface area is 400 Å². The maximum absolute atomic E-state index is 13.6. The van der Waals surface area contributed by atoms with Gasteiger partial charge in [0.25, 0.3) is 0 Å². The van der Waals surface area contributed by atoms with Crippen LogP contribution in [0.15, 0.2) is 61.3 Å². The highest BCUT2D eigenvalue weighted by Crippen LogP contribution is 2.39. The van der Waals surface area contributed by atoms with E-state index in [4.69, 9.17) is 26.7 Å². The minimum atomic E-state index is -1.13. The SMILES string of the molecule is CCC1(C(=O)NC(C)C)CCN(c2ccc(-c3nc(-c4cnn(C5CCN(C(=O)CC6(O)CCN(c7ccc(N[C@H]8CCC(=O)NC8=O)cc7Cl)CC6)CC5)c4)cn4ncc(C#N)c34)cn2)CC1. The van der Waals surface area contributed by atoms with E-state index < -0.39 is 11.6 Å². The number of carbonyl (C=O) groups excluding carboxylic acids is 4. The number of nitrogens with one attached hydrogen (secondary N) is 3. The van der Waals surface area contributed by atoms with Crippen LogP contribution in [0.4, 0.5) is 17.2 Å². The van der Waals surface area contributed by atoms with Crippen molar-refractivity contribution in [1.82, 2.24) is 44.9 Å². The van der Waals surface area contributed by atoms with E-state index in [0.29, 0.717) is 91.5 Å². The average Bonchev–Trinajstić information content (AvgIpc) is 4.01. The molecule has 4 N–H and O–H groups in total. The lowest BCUT2D eigenvalue weighted by molar-refractivity contribution is -0.139. The number of nitriles is 1. The molecule has 0 aliphatic carbocycles. The normalized spacial score (nSPS) is 19.8. The van der Waals surface area contributed by atoms with Crippen molar-refractivity contribution in [2.45, 2.75) is 109 Å². The number of hydrogen-bond donors (Lipinski definition) is 4. The number of likely N-dealkylation sites (tertiary alicyclic amines) is 1. The second-order valence-electron chi connectivity index (χ2n) is 19.1. The molecule has 68 heavy (non-hydrogen) atoms. The lowest BCUT2D eigenvalue weighted by atomic mass is 9.75. The van der Waals surface area contributed by atoms with Gasteiger partial charge in [0, 0.05) is 80.9 Å². The summed E-state index contributed by atoms with van der Waals surface area (Å²) in [5.41, 5.74) is 3.72. The van der Waals surface area contributed by atoms with Crippen LogP contribution in [-0.4, -0.2) is 120 Å². The number of halogens is 1. The van der Waals surface area contributed by atoms with E-state index in [2.05, 4.69) is 43.8 Å². The van der Waals surface area contributed by atoms with Crippen LogP contribution in [0.25, 0.3) is 28.0 Å². The number of rotatable bonds is 12. The fourth-order valence-electron chi connectivity index (χ4n) is 10.1. The third-order valence-corrected chi connectivity index (χ3v) is 14.7. The van der Waals surface area contributed by atoms with Crippen molar-refractivity contribution in [3.05, 3.63) is 71.9 Å². The number of anilines is 3. The maximum atomic E-state index is 13.6. The van der Waals surface area contributed by atoms with Gasteiger partial charge in [0.15, 0.2) is 0 Å². The van der Waals surface area contributed by atoms with Gasteiger partial charge < -0.3 is 30.4 Å². The molecule has 4 amide bonds. The molecule has 0 unspecified atom stereocenters. The fourth-order valence-corrected chi connectivity index (χ4v) is 10.4. The van der Waals surface area contributed by atoms with Crippen molar-refractivity contribution >= 4 is 57.9 Å². The molecule has 0 radical (unpaired) electrons. The van der Waals surface area contributed by atoms with E-state index in [1.807, 2.05) is 53.9 Å². The minimum Gasteiger partial charge on any atom is -0.389 e. The predicted molar refractivity (Wildman–Crippen MR) is 257 cm³/mol. The summed E-state index contributed by atoms with van der Waals surface area (Å²) in [6.07, 6.45) is 14.1. The van der Waals surface area contributed by atoms with E-state index in [1.54, 1.807) is 35.4 Å². The summed E-state index contributed by atoms with van der Waals surface area (Å²) in [6.45, 7) is 9.65. The first-order chi connectivity index (χ1) is 32.7. The second-order valence-corrected chi connectivity index (χ2v) is 19.5. The van der Waals surface area contributed by atoms with Crippen LogP contribution in [0.3, 0.4) is 0 Å². The number of pyridine rings is 1. The second kappa shape index (κ2) is 19.2. The third kappa shape index (κ3) is 9.59. The van der Waals surface area contributed by atoms with E-state index >= 15 is 0 Å². The number of aromatic nitrogens is 6. The molecule has 9 rings (SSSR count). The number of imide groups is 1. The van der Waals surface area contributed by atoms with E-state index in [1.165, 1.54) is 0 Å². The highest BCUT2D eigenvalue weighted by molar-refractivity contribution is 6.33. The van der Waals surface area contributed by atoms with Gasteiger partial charge in [0.1, 0.15) is 29.0 Å². The molecule has 4 aromatic heterocycles. The average molecular weight is 945 g/mol. The molecule has 1 atom stereocenters. The predicted octanol–water partition coefficient (Wildman–Crippen LogP) is 5.50. The van der Waals surface area contributed by atoms with Gasteiger partial charge in [0.05, 0.1) is 64.2 Å². The first-order valence-corrected chi connectivity index (χ1v) is 24.1. The minimum absolute atomic E-state index is 0.0478. The van der Waals surface area contributed by atoms with Gasteiger partial charge in [-0.2, -0.15) is 15.5 Å². The molecule has 0 bridgehead atoms. The zero-order valence-corrected chi connectivity index (χ0v) is 39.5. The first kappa shape index (κ1) is 46.5.